The van der Waals surface area contributed by atoms with Gasteiger partial charge >= 0.3 is 7.12 Å². The summed E-state index contributed by atoms with van der Waals surface area (Å²) in [6, 6.07) is 10.7. The summed E-state index contributed by atoms with van der Waals surface area (Å²) in [5.41, 5.74) is 0.0435. The van der Waals surface area contributed by atoms with E-state index in [0.717, 1.165) is 13.0 Å². The number of alkyl halides is 2. The van der Waals surface area contributed by atoms with Crippen LogP contribution in [0.5, 0.6) is 0 Å². The quantitative estimate of drug-likeness (QED) is 0.274. The molecule has 2 aromatic carbocycles. The number of hydrogen-bond acceptors (Lipinski definition) is 5. The Balaban J connectivity index is 2.15. The third-order valence-corrected chi connectivity index (χ3v) is 4.07. The zero-order valence-electron chi connectivity index (χ0n) is 15.7. The van der Waals surface area contributed by atoms with Gasteiger partial charge in [-0.3, -0.25) is 9.59 Å². The van der Waals surface area contributed by atoms with E-state index in [1.165, 1.54) is 49.4 Å². The largest absolute Gasteiger partial charge is 0.488 e. The van der Waals surface area contributed by atoms with Crippen molar-refractivity contribution >= 4 is 41.5 Å². The molecule has 10 heteroatoms. The van der Waals surface area contributed by atoms with Crippen LogP contribution in [-0.4, -0.2) is 34.7 Å². The van der Waals surface area contributed by atoms with Crippen molar-refractivity contribution in [2.45, 2.75) is 19.8 Å². The minimum atomic E-state index is -3.09. The SMILES string of the molecule is CC(=N)C(C(=O)Nc1ccc(B(O)O)cc1)C(=O)Nc1cccc(C(C)(F)F)c1. The summed E-state index contributed by atoms with van der Waals surface area (Å²) in [6.45, 7) is 2.01. The van der Waals surface area contributed by atoms with E-state index >= 15 is 0 Å². The number of amides is 2. The van der Waals surface area contributed by atoms with Crippen molar-refractivity contribution in [2.75, 3.05) is 10.6 Å². The predicted octanol–water partition coefficient (Wildman–Crippen LogP) is 1.71. The average molecular weight is 403 g/mol. The Hall–Kier alpha value is -3.11. The van der Waals surface area contributed by atoms with Crippen molar-refractivity contribution in [3.63, 3.8) is 0 Å². The highest BCUT2D eigenvalue weighted by Gasteiger charge is 2.30. The molecule has 2 amide bonds. The van der Waals surface area contributed by atoms with E-state index < -0.39 is 30.8 Å². The molecule has 0 aliphatic rings. The van der Waals surface area contributed by atoms with E-state index in [4.69, 9.17) is 15.5 Å². The first-order valence-electron chi connectivity index (χ1n) is 8.60. The first-order chi connectivity index (χ1) is 13.5. The predicted molar refractivity (Wildman–Crippen MR) is 106 cm³/mol. The van der Waals surface area contributed by atoms with Gasteiger partial charge in [-0.05, 0) is 36.7 Å². The third-order valence-electron chi connectivity index (χ3n) is 4.07. The average Bonchev–Trinajstić information content (AvgIpc) is 2.61. The van der Waals surface area contributed by atoms with Crippen molar-refractivity contribution in [3.05, 3.63) is 54.1 Å². The Labute approximate surface area is 166 Å². The lowest BCUT2D eigenvalue weighted by Gasteiger charge is -2.17. The molecule has 0 heterocycles. The van der Waals surface area contributed by atoms with Gasteiger partial charge in [0.1, 0.15) is 0 Å². The molecule has 0 saturated heterocycles. The molecular formula is C19H20BF2N3O4. The van der Waals surface area contributed by atoms with Gasteiger partial charge in [-0.25, -0.2) is 8.78 Å². The van der Waals surface area contributed by atoms with Gasteiger partial charge in [-0.2, -0.15) is 0 Å². The number of rotatable bonds is 7. The topological polar surface area (TPSA) is 123 Å². The van der Waals surface area contributed by atoms with Gasteiger partial charge in [0.25, 0.3) is 5.92 Å². The van der Waals surface area contributed by atoms with E-state index in [1.54, 1.807) is 0 Å². The van der Waals surface area contributed by atoms with Crippen molar-refractivity contribution in [3.8, 4) is 0 Å². The summed E-state index contributed by atoms with van der Waals surface area (Å²) in [5, 5.41) is 30.8. The van der Waals surface area contributed by atoms with Gasteiger partial charge < -0.3 is 26.1 Å². The third kappa shape index (κ3) is 5.93. The fourth-order valence-corrected chi connectivity index (χ4v) is 2.55. The minimum absolute atomic E-state index is 0.0781. The minimum Gasteiger partial charge on any atom is -0.423 e. The van der Waals surface area contributed by atoms with Crippen molar-refractivity contribution in [1.29, 1.82) is 5.41 Å². The van der Waals surface area contributed by atoms with E-state index in [2.05, 4.69) is 10.6 Å². The molecule has 0 saturated carbocycles. The molecule has 29 heavy (non-hydrogen) atoms. The van der Waals surface area contributed by atoms with Gasteiger partial charge in [-0.15, -0.1) is 0 Å². The number of carbonyl (C=O) groups is 2. The van der Waals surface area contributed by atoms with Gasteiger partial charge in [0, 0.05) is 29.6 Å². The van der Waals surface area contributed by atoms with Crippen LogP contribution in [0.3, 0.4) is 0 Å². The van der Waals surface area contributed by atoms with E-state index in [-0.39, 0.29) is 28.1 Å². The highest BCUT2D eigenvalue weighted by atomic mass is 19.3. The molecule has 1 atom stereocenters. The molecule has 0 aliphatic heterocycles. The molecule has 1 unspecified atom stereocenters. The number of benzene rings is 2. The molecule has 0 aliphatic carbocycles. The standard InChI is InChI=1S/C19H20BF2N3O4/c1-11(23)16(17(26)24-14-8-6-13(7-9-14)20(28)29)18(27)25-15-5-3-4-12(10-15)19(2,21)22/h3-10,16,23,28-29H,1-2H3,(H,24,26)(H,25,27). The summed E-state index contributed by atoms with van der Waals surface area (Å²) < 4.78 is 26.9. The molecule has 0 fully saturated rings. The number of nitrogens with one attached hydrogen (secondary N) is 3. The lowest BCUT2D eigenvalue weighted by Crippen LogP contribution is -2.38. The lowest BCUT2D eigenvalue weighted by molar-refractivity contribution is -0.126. The summed E-state index contributed by atoms with van der Waals surface area (Å²) >= 11 is 0. The fourth-order valence-electron chi connectivity index (χ4n) is 2.55. The summed E-state index contributed by atoms with van der Waals surface area (Å²) in [4.78, 5) is 25.0. The van der Waals surface area contributed by atoms with Gasteiger partial charge in [0.2, 0.25) is 11.8 Å². The molecule has 0 spiro atoms. The summed E-state index contributed by atoms with van der Waals surface area (Å²) in [5.74, 6) is -6.20. The Kier molecular flexibility index (Phi) is 6.83. The maximum absolute atomic E-state index is 13.5. The van der Waals surface area contributed by atoms with Gasteiger partial charge in [-0.1, -0.05) is 24.3 Å². The summed E-state index contributed by atoms with van der Waals surface area (Å²) in [7, 11) is -1.66. The first-order valence-corrected chi connectivity index (χ1v) is 8.60. The normalized spacial score (nSPS) is 12.1. The highest BCUT2D eigenvalue weighted by molar-refractivity contribution is 6.58. The zero-order chi connectivity index (χ0) is 21.8. The Morgan fingerprint density at radius 1 is 1.03 bits per heavy atom. The Morgan fingerprint density at radius 2 is 1.59 bits per heavy atom. The lowest BCUT2D eigenvalue weighted by atomic mass is 9.80. The van der Waals surface area contributed by atoms with Gasteiger partial charge in [0.05, 0.1) is 0 Å². The van der Waals surface area contributed by atoms with Crippen LogP contribution in [0.25, 0.3) is 0 Å². The van der Waals surface area contributed by atoms with Gasteiger partial charge in [0.15, 0.2) is 5.92 Å². The van der Waals surface area contributed by atoms with E-state index in [0.29, 0.717) is 0 Å². The Bertz CT molecular complexity index is 914. The molecule has 0 aromatic heterocycles. The van der Waals surface area contributed by atoms with Crippen LogP contribution in [0.2, 0.25) is 0 Å². The maximum Gasteiger partial charge on any atom is 0.488 e. The molecule has 2 aromatic rings. The van der Waals surface area contributed by atoms with Crippen LogP contribution in [0.1, 0.15) is 19.4 Å². The molecule has 0 radical (unpaired) electrons. The Morgan fingerprint density at radius 3 is 2.07 bits per heavy atom. The summed E-state index contributed by atoms with van der Waals surface area (Å²) in [6.07, 6.45) is 0. The van der Waals surface area contributed by atoms with Crippen LogP contribution in [0.4, 0.5) is 20.2 Å². The number of hydrogen-bond donors (Lipinski definition) is 5. The molecule has 152 valence electrons. The van der Waals surface area contributed by atoms with Crippen molar-refractivity contribution in [2.24, 2.45) is 5.92 Å². The zero-order valence-corrected chi connectivity index (χ0v) is 15.7. The molecule has 7 nitrogen and oxygen atoms in total. The van der Waals surface area contributed by atoms with Crippen LogP contribution >= 0.6 is 0 Å². The number of halogens is 2. The second-order valence-corrected chi connectivity index (χ2v) is 6.56. The van der Waals surface area contributed by atoms with E-state index in [1.807, 2.05) is 0 Å². The maximum atomic E-state index is 13.5. The second kappa shape index (κ2) is 8.93. The highest BCUT2D eigenvalue weighted by Crippen LogP contribution is 2.28. The second-order valence-electron chi connectivity index (χ2n) is 6.56. The first kappa shape index (κ1) is 22.2. The van der Waals surface area contributed by atoms with Crippen LogP contribution in [0.15, 0.2) is 48.5 Å². The van der Waals surface area contributed by atoms with Crippen molar-refractivity contribution < 1.29 is 28.4 Å². The molecule has 0 bridgehead atoms. The molecular weight excluding hydrogens is 383 g/mol. The number of carbonyl (C=O) groups excluding carboxylic acids is 2. The fraction of sp³-hybridized carbons (Fsp3) is 0.211. The molecule has 2 rings (SSSR count). The molecule has 5 N–H and O–H groups in total. The number of anilines is 2. The van der Waals surface area contributed by atoms with E-state index in [9.17, 15) is 18.4 Å². The van der Waals surface area contributed by atoms with Crippen molar-refractivity contribution in [1.82, 2.24) is 0 Å². The van der Waals surface area contributed by atoms with Crippen LogP contribution < -0.4 is 16.1 Å². The van der Waals surface area contributed by atoms with Crippen LogP contribution in [0, 0.1) is 11.3 Å². The van der Waals surface area contributed by atoms with Crippen LogP contribution in [-0.2, 0) is 15.5 Å². The smallest absolute Gasteiger partial charge is 0.423 e. The monoisotopic (exact) mass is 403 g/mol.